The third-order valence-corrected chi connectivity index (χ3v) is 4.01. The van der Waals surface area contributed by atoms with Gasteiger partial charge in [-0.3, -0.25) is 0 Å². The zero-order valence-corrected chi connectivity index (χ0v) is 12.3. The maximum atomic E-state index is 13.3. The summed E-state index contributed by atoms with van der Waals surface area (Å²) in [4.78, 5) is 0. The summed E-state index contributed by atoms with van der Waals surface area (Å²) in [6.07, 6.45) is 2.36. The molecule has 0 aliphatic rings. The van der Waals surface area contributed by atoms with Crippen molar-refractivity contribution in [2.75, 3.05) is 0 Å². The van der Waals surface area contributed by atoms with Gasteiger partial charge in [-0.2, -0.15) is 0 Å². The van der Waals surface area contributed by atoms with Crippen LogP contribution in [-0.2, 0) is 6.54 Å². The van der Waals surface area contributed by atoms with E-state index in [1.807, 2.05) is 6.07 Å². The standard InChI is InChI=1S/C14H21BrFN/c1-4-10(2)8-11(3)17-9-12-6-5-7-13(16)14(12)15/h5-7,10-11,17H,4,8-9H2,1-3H3. The molecule has 1 N–H and O–H groups in total. The molecule has 0 aromatic heterocycles. The van der Waals surface area contributed by atoms with Crippen LogP contribution < -0.4 is 5.32 Å². The number of halogens is 2. The van der Waals surface area contributed by atoms with Gasteiger partial charge in [0, 0.05) is 12.6 Å². The van der Waals surface area contributed by atoms with E-state index in [9.17, 15) is 4.39 Å². The Kier molecular flexibility index (Phi) is 6.14. The Hall–Kier alpha value is -0.410. The molecule has 0 aliphatic heterocycles. The molecular weight excluding hydrogens is 281 g/mol. The van der Waals surface area contributed by atoms with Crippen molar-refractivity contribution in [2.24, 2.45) is 5.92 Å². The topological polar surface area (TPSA) is 12.0 Å². The van der Waals surface area contributed by atoms with Crippen LogP contribution in [0.1, 0.15) is 39.2 Å². The molecule has 0 fully saturated rings. The summed E-state index contributed by atoms with van der Waals surface area (Å²) in [6, 6.07) is 5.61. The van der Waals surface area contributed by atoms with Crippen molar-refractivity contribution in [3.05, 3.63) is 34.1 Å². The molecule has 0 heterocycles. The third kappa shape index (κ3) is 4.76. The van der Waals surface area contributed by atoms with E-state index in [4.69, 9.17) is 0 Å². The first-order valence-corrected chi connectivity index (χ1v) is 7.00. The van der Waals surface area contributed by atoms with Crippen molar-refractivity contribution >= 4 is 15.9 Å². The minimum Gasteiger partial charge on any atom is -0.310 e. The number of benzene rings is 1. The molecule has 0 saturated carbocycles. The molecule has 96 valence electrons. The number of hydrogen-bond acceptors (Lipinski definition) is 1. The van der Waals surface area contributed by atoms with E-state index in [1.165, 1.54) is 12.5 Å². The van der Waals surface area contributed by atoms with Gasteiger partial charge in [0.15, 0.2) is 0 Å². The van der Waals surface area contributed by atoms with E-state index in [0.717, 1.165) is 17.9 Å². The first-order valence-electron chi connectivity index (χ1n) is 6.20. The average molecular weight is 302 g/mol. The second kappa shape index (κ2) is 7.12. The summed E-state index contributed by atoms with van der Waals surface area (Å²) in [5.74, 6) is 0.535. The lowest BCUT2D eigenvalue weighted by Crippen LogP contribution is -2.27. The van der Waals surface area contributed by atoms with Gasteiger partial charge in [0.05, 0.1) is 4.47 Å². The monoisotopic (exact) mass is 301 g/mol. The molecule has 1 rings (SSSR count). The molecule has 0 bridgehead atoms. The smallest absolute Gasteiger partial charge is 0.137 e. The van der Waals surface area contributed by atoms with E-state index in [-0.39, 0.29) is 5.82 Å². The van der Waals surface area contributed by atoms with Crippen molar-refractivity contribution in [1.82, 2.24) is 5.32 Å². The molecule has 0 amide bonds. The Morgan fingerprint density at radius 1 is 1.35 bits per heavy atom. The predicted molar refractivity (Wildman–Crippen MR) is 74.5 cm³/mol. The van der Waals surface area contributed by atoms with Crippen LogP contribution in [0.3, 0.4) is 0 Å². The van der Waals surface area contributed by atoms with Crippen molar-refractivity contribution in [3.8, 4) is 0 Å². The Labute approximate surface area is 112 Å². The molecule has 2 unspecified atom stereocenters. The van der Waals surface area contributed by atoms with Crippen molar-refractivity contribution in [1.29, 1.82) is 0 Å². The van der Waals surface area contributed by atoms with Crippen LogP contribution in [0.4, 0.5) is 4.39 Å². The highest BCUT2D eigenvalue weighted by molar-refractivity contribution is 9.10. The highest BCUT2D eigenvalue weighted by Gasteiger charge is 2.09. The fourth-order valence-electron chi connectivity index (χ4n) is 1.82. The highest BCUT2D eigenvalue weighted by Crippen LogP contribution is 2.20. The minimum absolute atomic E-state index is 0.195. The minimum atomic E-state index is -0.195. The fourth-order valence-corrected chi connectivity index (χ4v) is 2.23. The maximum Gasteiger partial charge on any atom is 0.137 e. The average Bonchev–Trinajstić information content (AvgIpc) is 2.31. The zero-order valence-electron chi connectivity index (χ0n) is 10.8. The van der Waals surface area contributed by atoms with Gasteiger partial charge in [-0.05, 0) is 46.8 Å². The fraction of sp³-hybridized carbons (Fsp3) is 0.571. The van der Waals surface area contributed by atoms with E-state index in [0.29, 0.717) is 17.1 Å². The number of rotatable bonds is 6. The van der Waals surface area contributed by atoms with Crippen LogP contribution in [0.25, 0.3) is 0 Å². The van der Waals surface area contributed by atoms with Gasteiger partial charge in [-0.25, -0.2) is 4.39 Å². The number of nitrogens with one attached hydrogen (secondary N) is 1. The van der Waals surface area contributed by atoms with Crippen LogP contribution >= 0.6 is 15.9 Å². The normalized spacial score (nSPS) is 14.6. The largest absolute Gasteiger partial charge is 0.310 e. The first kappa shape index (κ1) is 14.7. The van der Waals surface area contributed by atoms with Crippen LogP contribution in [0.5, 0.6) is 0 Å². The van der Waals surface area contributed by atoms with Gasteiger partial charge in [0.2, 0.25) is 0 Å². The molecule has 0 saturated heterocycles. The van der Waals surface area contributed by atoms with Crippen LogP contribution in [0.2, 0.25) is 0 Å². The summed E-state index contributed by atoms with van der Waals surface area (Å²) < 4.78 is 13.9. The maximum absolute atomic E-state index is 13.3. The summed E-state index contributed by atoms with van der Waals surface area (Å²) in [6.45, 7) is 7.35. The van der Waals surface area contributed by atoms with E-state index >= 15 is 0 Å². The van der Waals surface area contributed by atoms with Crippen LogP contribution in [0.15, 0.2) is 22.7 Å². The van der Waals surface area contributed by atoms with Crippen molar-refractivity contribution < 1.29 is 4.39 Å². The quantitative estimate of drug-likeness (QED) is 0.815. The Morgan fingerprint density at radius 3 is 2.71 bits per heavy atom. The summed E-state index contributed by atoms with van der Waals surface area (Å²) in [5.41, 5.74) is 0.973. The zero-order chi connectivity index (χ0) is 12.8. The molecule has 0 radical (unpaired) electrons. The predicted octanol–water partition coefficient (Wildman–Crippen LogP) is 4.50. The van der Waals surface area contributed by atoms with Gasteiger partial charge < -0.3 is 5.32 Å². The van der Waals surface area contributed by atoms with E-state index in [1.54, 1.807) is 6.07 Å². The van der Waals surface area contributed by atoms with Gasteiger partial charge in [-0.15, -0.1) is 0 Å². The SMILES string of the molecule is CCC(C)CC(C)NCc1cccc(F)c1Br. The molecule has 0 aliphatic carbocycles. The molecule has 17 heavy (non-hydrogen) atoms. The van der Waals surface area contributed by atoms with Gasteiger partial charge in [-0.1, -0.05) is 32.4 Å². The lowest BCUT2D eigenvalue weighted by molar-refractivity contribution is 0.411. The van der Waals surface area contributed by atoms with Crippen molar-refractivity contribution in [3.63, 3.8) is 0 Å². The van der Waals surface area contributed by atoms with Gasteiger partial charge >= 0.3 is 0 Å². The van der Waals surface area contributed by atoms with Crippen LogP contribution in [-0.4, -0.2) is 6.04 Å². The molecule has 1 aromatic rings. The number of hydrogen-bond donors (Lipinski definition) is 1. The third-order valence-electron chi connectivity index (χ3n) is 3.13. The molecule has 3 heteroatoms. The molecule has 1 nitrogen and oxygen atoms in total. The molecule has 1 aromatic carbocycles. The molecular formula is C14H21BrFN. The van der Waals surface area contributed by atoms with E-state index in [2.05, 4.69) is 42.0 Å². The van der Waals surface area contributed by atoms with Crippen molar-refractivity contribution in [2.45, 2.75) is 46.2 Å². The Balaban J connectivity index is 2.47. The summed E-state index contributed by atoms with van der Waals surface area (Å²) in [5, 5.41) is 3.44. The first-order chi connectivity index (χ1) is 8.04. The summed E-state index contributed by atoms with van der Waals surface area (Å²) >= 11 is 3.28. The van der Waals surface area contributed by atoms with Gasteiger partial charge in [0.25, 0.3) is 0 Å². The second-order valence-electron chi connectivity index (χ2n) is 4.74. The Morgan fingerprint density at radius 2 is 2.06 bits per heavy atom. The summed E-state index contributed by atoms with van der Waals surface area (Å²) in [7, 11) is 0. The Bertz CT molecular complexity index is 354. The van der Waals surface area contributed by atoms with Gasteiger partial charge in [0.1, 0.15) is 5.82 Å². The van der Waals surface area contributed by atoms with Crippen LogP contribution in [0, 0.1) is 11.7 Å². The highest BCUT2D eigenvalue weighted by atomic mass is 79.9. The lowest BCUT2D eigenvalue weighted by atomic mass is 10.0. The van der Waals surface area contributed by atoms with E-state index < -0.39 is 0 Å². The molecule has 2 atom stereocenters. The lowest BCUT2D eigenvalue weighted by Gasteiger charge is -2.18. The second-order valence-corrected chi connectivity index (χ2v) is 5.54. The molecule has 0 spiro atoms.